The quantitative estimate of drug-likeness (QED) is 0.691. The molecule has 0 radical (unpaired) electrons. The molecule has 0 aliphatic rings. The van der Waals surface area contributed by atoms with E-state index in [4.69, 9.17) is 5.73 Å². The number of hydrogen-bond donors (Lipinski definition) is 1. The van der Waals surface area contributed by atoms with Gasteiger partial charge < -0.3 is 5.73 Å². The van der Waals surface area contributed by atoms with Crippen molar-refractivity contribution in [2.24, 2.45) is 5.73 Å². The van der Waals surface area contributed by atoms with E-state index >= 15 is 0 Å². The van der Waals surface area contributed by atoms with Gasteiger partial charge in [0.1, 0.15) is 5.03 Å². The standard InChI is InChI=1S/C15H13BrN2S/c16-14-4-2-10-18-15(14)19-11-13-7-5-12(6-8-13)3-1-9-17/h2,4-8,10H,9,11,17H2. The molecule has 2 nitrogen and oxygen atoms in total. The van der Waals surface area contributed by atoms with Crippen molar-refractivity contribution >= 4 is 27.7 Å². The lowest BCUT2D eigenvalue weighted by Crippen LogP contribution is -1.93. The highest BCUT2D eigenvalue weighted by Gasteiger charge is 2.01. The van der Waals surface area contributed by atoms with E-state index in [-0.39, 0.29) is 0 Å². The zero-order chi connectivity index (χ0) is 13.5. The van der Waals surface area contributed by atoms with Gasteiger partial charge in [-0.15, -0.1) is 11.8 Å². The molecule has 0 spiro atoms. The molecule has 0 aliphatic carbocycles. The van der Waals surface area contributed by atoms with E-state index in [1.807, 2.05) is 24.3 Å². The SMILES string of the molecule is NCC#Cc1ccc(CSc2ncccc2Br)cc1. The Morgan fingerprint density at radius 1 is 1.21 bits per heavy atom. The first-order valence-corrected chi connectivity index (χ1v) is 7.58. The maximum atomic E-state index is 5.34. The molecule has 1 heterocycles. The second-order valence-corrected chi connectivity index (χ2v) is 5.60. The van der Waals surface area contributed by atoms with Crippen LogP contribution in [0.15, 0.2) is 52.1 Å². The van der Waals surface area contributed by atoms with Crippen molar-refractivity contribution in [3.8, 4) is 11.8 Å². The molecule has 0 saturated heterocycles. The Labute approximate surface area is 125 Å². The number of halogens is 1. The van der Waals surface area contributed by atoms with Crippen LogP contribution >= 0.6 is 27.7 Å². The number of aromatic nitrogens is 1. The third kappa shape index (κ3) is 4.39. The highest BCUT2D eigenvalue weighted by atomic mass is 79.9. The van der Waals surface area contributed by atoms with Crippen molar-refractivity contribution in [3.05, 3.63) is 58.2 Å². The number of pyridine rings is 1. The van der Waals surface area contributed by atoms with E-state index < -0.39 is 0 Å². The van der Waals surface area contributed by atoms with Crippen molar-refractivity contribution in [2.45, 2.75) is 10.8 Å². The second-order valence-electron chi connectivity index (χ2n) is 3.78. The lowest BCUT2D eigenvalue weighted by Gasteiger charge is -2.03. The zero-order valence-electron chi connectivity index (χ0n) is 10.3. The summed E-state index contributed by atoms with van der Waals surface area (Å²) >= 11 is 5.21. The lowest BCUT2D eigenvalue weighted by atomic mass is 10.1. The third-order valence-corrected chi connectivity index (χ3v) is 4.37. The molecule has 0 unspecified atom stereocenters. The molecule has 0 bridgehead atoms. The van der Waals surface area contributed by atoms with Gasteiger partial charge in [0.15, 0.2) is 0 Å². The van der Waals surface area contributed by atoms with Crippen LogP contribution in [0.2, 0.25) is 0 Å². The summed E-state index contributed by atoms with van der Waals surface area (Å²) in [5, 5.41) is 1.01. The number of nitrogens with two attached hydrogens (primary N) is 1. The number of hydrogen-bond acceptors (Lipinski definition) is 3. The third-order valence-electron chi connectivity index (χ3n) is 2.39. The monoisotopic (exact) mass is 332 g/mol. The fourth-order valence-electron chi connectivity index (χ4n) is 1.47. The van der Waals surface area contributed by atoms with Gasteiger partial charge in [0.05, 0.1) is 6.54 Å². The van der Waals surface area contributed by atoms with Crippen LogP contribution in [0.3, 0.4) is 0 Å². The summed E-state index contributed by atoms with van der Waals surface area (Å²) in [6, 6.07) is 12.1. The summed E-state index contributed by atoms with van der Waals surface area (Å²) in [6.07, 6.45) is 1.80. The van der Waals surface area contributed by atoms with E-state index in [0.29, 0.717) is 6.54 Å². The maximum Gasteiger partial charge on any atom is 0.110 e. The Hall–Kier alpha value is -1.28. The van der Waals surface area contributed by atoms with Crippen LogP contribution in [0.25, 0.3) is 0 Å². The smallest absolute Gasteiger partial charge is 0.110 e. The van der Waals surface area contributed by atoms with Gasteiger partial charge in [-0.2, -0.15) is 0 Å². The molecule has 1 aromatic heterocycles. The molecule has 96 valence electrons. The van der Waals surface area contributed by atoms with Gasteiger partial charge in [0.25, 0.3) is 0 Å². The van der Waals surface area contributed by atoms with E-state index in [2.05, 4.69) is 44.9 Å². The minimum absolute atomic E-state index is 0.394. The molecule has 2 N–H and O–H groups in total. The largest absolute Gasteiger partial charge is 0.320 e. The van der Waals surface area contributed by atoms with E-state index in [9.17, 15) is 0 Å². The average Bonchev–Trinajstić information content (AvgIpc) is 2.45. The Morgan fingerprint density at radius 3 is 2.68 bits per heavy atom. The van der Waals surface area contributed by atoms with Gasteiger partial charge in [-0.1, -0.05) is 24.0 Å². The summed E-state index contributed by atoms with van der Waals surface area (Å²) in [5.74, 6) is 6.75. The van der Waals surface area contributed by atoms with Gasteiger partial charge in [-0.3, -0.25) is 0 Å². The topological polar surface area (TPSA) is 38.9 Å². The summed E-state index contributed by atoms with van der Waals surface area (Å²) in [4.78, 5) is 4.33. The maximum absolute atomic E-state index is 5.34. The number of rotatable bonds is 3. The zero-order valence-corrected chi connectivity index (χ0v) is 12.7. The van der Waals surface area contributed by atoms with Gasteiger partial charge in [-0.25, -0.2) is 4.98 Å². The molecule has 19 heavy (non-hydrogen) atoms. The minimum Gasteiger partial charge on any atom is -0.320 e. The summed E-state index contributed by atoms with van der Waals surface area (Å²) in [6.45, 7) is 0.394. The molecule has 0 atom stereocenters. The number of thioether (sulfide) groups is 1. The molecule has 1 aromatic carbocycles. The van der Waals surface area contributed by atoms with Crippen LogP contribution in [-0.2, 0) is 5.75 Å². The Bertz CT molecular complexity index is 600. The second kappa shape index (κ2) is 7.34. The van der Waals surface area contributed by atoms with Gasteiger partial charge in [-0.05, 0) is 45.8 Å². The van der Waals surface area contributed by atoms with Crippen molar-refractivity contribution < 1.29 is 0 Å². The molecule has 2 rings (SSSR count). The van der Waals surface area contributed by atoms with Gasteiger partial charge in [0, 0.05) is 22.0 Å². The average molecular weight is 333 g/mol. The van der Waals surface area contributed by atoms with Crippen molar-refractivity contribution in [2.75, 3.05) is 6.54 Å². The van der Waals surface area contributed by atoms with Crippen LogP contribution < -0.4 is 5.73 Å². The van der Waals surface area contributed by atoms with Crippen LogP contribution in [0.1, 0.15) is 11.1 Å². The van der Waals surface area contributed by atoms with E-state index in [1.165, 1.54) is 5.56 Å². The van der Waals surface area contributed by atoms with Crippen molar-refractivity contribution in [1.82, 2.24) is 4.98 Å². The van der Waals surface area contributed by atoms with Crippen LogP contribution in [0, 0.1) is 11.8 Å². The van der Waals surface area contributed by atoms with Crippen LogP contribution in [0.4, 0.5) is 0 Å². The summed E-state index contributed by atoms with van der Waals surface area (Å²) in [5.41, 5.74) is 7.59. The fraction of sp³-hybridized carbons (Fsp3) is 0.133. The van der Waals surface area contributed by atoms with Crippen molar-refractivity contribution in [3.63, 3.8) is 0 Å². The highest BCUT2D eigenvalue weighted by Crippen LogP contribution is 2.27. The normalized spacial score (nSPS) is 9.79. The predicted octanol–water partition coefficient (Wildman–Crippen LogP) is 3.45. The number of benzene rings is 1. The van der Waals surface area contributed by atoms with Gasteiger partial charge in [0.2, 0.25) is 0 Å². The first-order valence-electron chi connectivity index (χ1n) is 5.81. The van der Waals surface area contributed by atoms with E-state index in [0.717, 1.165) is 20.8 Å². The predicted molar refractivity (Wildman–Crippen MR) is 83.9 cm³/mol. The van der Waals surface area contributed by atoms with Gasteiger partial charge >= 0.3 is 0 Å². The Balaban J connectivity index is 1.99. The molecule has 2 aromatic rings. The van der Waals surface area contributed by atoms with Crippen molar-refractivity contribution in [1.29, 1.82) is 0 Å². The molecule has 0 fully saturated rings. The lowest BCUT2D eigenvalue weighted by molar-refractivity contribution is 1.11. The molecular weight excluding hydrogens is 320 g/mol. The molecule has 4 heteroatoms. The molecule has 0 amide bonds. The first kappa shape index (κ1) is 14.1. The molecule has 0 saturated carbocycles. The minimum atomic E-state index is 0.394. The fourth-order valence-corrected chi connectivity index (χ4v) is 2.90. The van der Waals surface area contributed by atoms with Crippen LogP contribution in [0.5, 0.6) is 0 Å². The summed E-state index contributed by atoms with van der Waals surface area (Å²) in [7, 11) is 0. The molecular formula is C15H13BrN2S. The first-order chi connectivity index (χ1) is 9.29. The van der Waals surface area contributed by atoms with Crippen LogP contribution in [-0.4, -0.2) is 11.5 Å². The molecule has 0 aliphatic heterocycles. The van der Waals surface area contributed by atoms with E-state index in [1.54, 1.807) is 18.0 Å². The number of nitrogens with zero attached hydrogens (tertiary/aromatic N) is 1. The highest BCUT2D eigenvalue weighted by molar-refractivity contribution is 9.10. The summed E-state index contributed by atoms with van der Waals surface area (Å²) < 4.78 is 1.03. The Morgan fingerprint density at radius 2 is 2.00 bits per heavy atom. The Kier molecular flexibility index (Phi) is 5.46.